The van der Waals surface area contributed by atoms with Crippen LogP contribution in [0.25, 0.3) is 0 Å². The van der Waals surface area contributed by atoms with Crippen LogP contribution in [0.1, 0.15) is 23.1 Å². The van der Waals surface area contributed by atoms with Crippen molar-refractivity contribution in [3.05, 3.63) is 34.9 Å². The maximum Gasteiger partial charge on any atom is 0.0587 e. The molecule has 1 N–H and O–H groups in total. The van der Waals surface area contributed by atoms with Gasteiger partial charge in [-0.2, -0.15) is 0 Å². The summed E-state index contributed by atoms with van der Waals surface area (Å²) in [5, 5.41) is 3.37. The summed E-state index contributed by atoms with van der Waals surface area (Å²) in [5.74, 6) is 0. The highest BCUT2D eigenvalue weighted by molar-refractivity contribution is 5.30. The number of hydrogen-bond acceptors (Lipinski definition) is 2. The Kier molecular flexibility index (Phi) is 6.12. The molecule has 0 unspecified atom stereocenters. The van der Waals surface area contributed by atoms with Gasteiger partial charge in [0.1, 0.15) is 0 Å². The number of ether oxygens (including phenoxy) is 1. The standard InChI is InChI=1S/C14H23NO/c1-12-6-7-13(2)14(11-12)5-4-8-15-9-10-16-3/h6-7,11,15H,4-5,8-10H2,1-3H3. The molecule has 0 aliphatic rings. The van der Waals surface area contributed by atoms with Crippen molar-refractivity contribution in [2.75, 3.05) is 26.8 Å². The van der Waals surface area contributed by atoms with Crippen LogP contribution in [-0.4, -0.2) is 26.8 Å². The van der Waals surface area contributed by atoms with Gasteiger partial charge >= 0.3 is 0 Å². The van der Waals surface area contributed by atoms with Crippen LogP contribution in [0.4, 0.5) is 0 Å². The van der Waals surface area contributed by atoms with Gasteiger partial charge in [-0.25, -0.2) is 0 Å². The van der Waals surface area contributed by atoms with E-state index in [-0.39, 0.29) is 0 Å². The van der Waals surface area contributed by atoms with E-state index in [0.717, 1.165) is 26.1 Å². The molecule has 0 aromatic heterocycles. The van der Waals surface area contributed by atoms with Gasteiger partial charge in [0.2, 0.25) is 0 Å². The van der Waals surface area contributed by atoms with Crippen molar-refractivity contribution in [1.82, 2.24) is 5.32 Å². The smallest absolute Gasteiger partial charge is 0.0587 e. The van der Waals surface area contributed by atoms with Gasteiger partial charge < -0.3 is 10.1 Å². The van der Waals surface area contributed by atoms with Crippen LogP contribution in [0, 0.1) is 13.8 Å². The van der Waals surface area contributed by atoms with Gasteiger partial charge in [-0.1, -0.05) is 23.8 Å². The monoisotopic (exact) mass is 221 g/mol. The molecule has 0 amide bonds. The molecule has 0 fully saturated rings. The molecule has 0 aliphatic carbocycles. The zero-order valence-corrected chi connectivity index (χ0v) is 10.7. The largest absolute Gasteiger partial charge is 0.383 e. The molecule has 0 saturated carbocycles. The van der Waals surface area contributed by atoms with Gasteiger partial charge in [-0.15, -0.1) is 0 Å². The van der Waals surface area contributed by atoms with Crippen molar-refractivity contribution in [2.45, 2.75) is 26.7 Å². The number of nitrogens with one attached hydrogen (secondary N) is 1. The number of hydrogen-bond donors (Lipinski definition) is 1. The van der Waals surface area contributed by atoms with Crippen LogP contribution >= 0.6 is 0 Å². The normalized spacial score (nSPS) is 10.7. The SMILES string of the molecule is COCCNCCCc1cc(C)ccc1C. The molecule has 2 heteroatoms. The maximum absolute atomic E-state index is 4.98. The molecule has 0 atom stereocenters. The molecule has 0 saturated heterocycles. The molecular formula is C14H23NO. The van der Waals surface area contributed by atoms with Crippen molar-refractivity contribution in [3.8, 4) is 0 Å². The summed E-state index contributed by atoms with van der Waals surface area (Å²) in [6.07, 6.45) is 2.35. The summed E-state index contributed by atoms with van der Waals surface area (Å²) < 4.78 is 4.98. The molecule has 1 aromatic rings. The van der Waals surface area contributed by atoms with E-state index in [0.29, 0.717) is 0 Å². The Hall–Kier alpha value is -0.860. The first kappa shape index (κ1) is 13.2. The fraction of sp³-hybridized carbons (Fsp3) is 0.571. The summed E-state index contributed by atoms with van der Waals surface area (Å²) in [4.78, 5) is 0. The highest BCUT2D eigenvalue weighted by Gasteiger charge is 1.98. The lowest BCUT2D eigenvalue weighted by molar-refractivity contribution is 0.199. The molecule has 0 aliphatic heterocycles. The third-order valence-corrected chi connectivity index (χ3v) is 2.79. The Morgan fingerprint density at radius 2 is 2.00 bits per heavy atom. The molecule has 0 heterocycles. The summed E-state index contributed by atoms with van der Waals surface area (Å²) in [6.45, 7) is 7.15. The molecule has 0 spiro atoms. The number of benzene rings is 1. The van der Waals surface area contributed by atoms with Crippen molar-refractivity contribution in [1.29, 1.82) is 0 Å². The molecule has 2 nitrogen and oxygen atoms in total. The van der Waals surface area contributed by atoms with E-state index in [9.17, 15) is 0 Å². The van der Waals surface area contributed by atoms with Crippen molar-refractivity contribution in [3.63, 3.8) is 0 Å². The first-order chi connectivity index (χ1) is 7.74. The molecule has 90 valence electrons. The van der Waals surface area contributed by atoms with Crippen molar-refractivity contribution in [2.24, 2.45) is 0 Å². The van der Waals surface area contributed by atoms with E-state index in [4.69, 9.17) is 4.74 Å². The third kappa shape index (κ3) is 4.77. The molecule has 0 bridgehead atoms. The van der Waals surface area contributed by atoms with E-state index < -0.39 is 0 Å². The van der Waals surface area contributed by atoms with Crippen LogP contribution in [0.15, 0.2) is 18.2 Å². The zero-order chi connectivity index (χ0) is 11.8. The van der Waals surface area contributed by atoms with Gasteiger partial charge in [0.15, 0.2) is 0 Å². The van der Waals surface area contributed by atoms with Gasteiger partial charge in [-0.3, -0.25) is 0 Å². The lowest BCUT2D eigenvalue weighted by Crippen LogP contribution is -2.20. The third-order valence-electron chi connectivity index (χ3n) is 2.79. The predicted molar refractivity (Wildman–Crippen MR) is 69.0 cm³/mol. The Morgan fingerprint density at radius 1 is 1.19 bits per heavy atom. The lowest BCUT2D eigenvalue weighted by Gasteiger charge is -2.07. The van der Waals surface area contributed by atoms with E-state index in [1.54, 1.807) is 7.11 Å². The second-order valence-electron chi connectivity index (χ2n) is 4.28. The molecule has 16 heavy (non-hydrogen) atoms. The van der Waals surface area contributed by atoms with Gasteiger partial charge in [0.05, 0.1) is 6.61 Å². The number of aryl methyl sites for hydroxylation is 3. The van der Waals surface area contributed by atoms with Gasteiger partial charge in [0, 0.05) is 13.7 Å². The second kappa shape index (κ2) is 7.42. The predicted octanol–water partition coefficient (Wildman–Crippen LogP) is 2.47. The van der Waals surface area contributed by atoms with Crippen molar-refractivity contribution < 1.29 is 4.74 Å². The average molecular weight is 221 g/mol. The topological polar surface area (TPSA) is 21.3 Å². The van der Waals surface area contributed by atoms with Crippen molar-refractivity contribution >= 4 is 0 Å². The first-order valence-electron chi connectivity index (χ1n) is 6.00. The molecule has 0 radical (unpaired) electrons. The van der Waals surface area contributed by atoms with E-state index in [2.05, 4.69) is 37.4 Å². The quantitative estimate of drug-likeness (QED) is 0.714. The fourth-order valence-electron chi connectivity index (χ4n) is 1.77. The minimum Gasteiger partial charge on any atom is -0.383 e. The minimum atomic E-state index is 0.795. The Balaban J connectivity index is 2.23. The van der Waals surface area contributed by atoms with Crippen LogP contribution in [0.3, 0.4) is 0 Å². The number of methoxy groups -OCH3 is 1. The fourth-order valence-corrected chi connectivity index (χ4v) is 1.77. The summed E-state index contributed by atoms with van der Waals surface area (Å²) in [6, 6.07) is 6.68. The Morgan fingerprint density at radius 3 is 2.75 bits per heavy atom. The Labute approximate surface area is 99.0 Å². The highest BCUT2D eigenvalue weighted by atomic mass is 16.5. The average Bonchev–Trinajstić information content (AvgIpc) is 2.28. The molecule has 1 rings (SSSR count). The summed E-state index contributed by atoms with van der Waals surface area (Å²) in [5.41, 5.74) is 4.24. The zero-order valence-electron chi connectivity index (χ0n) is 10.7. The van der Waals surface area contributed by atoms with E-state index >= 15 is 0 Å². The summed E-state index contributed by atoms with van der Waals surface area (Å²) >= 11 is 0. The Bertz CT molecular complexity index is 310. The number of rotatable bonds is 7. The molecular weight excluding hydrogens is 198 g/mol. The van der Waals surface area contributed by atoms with Crippen LogP contribution in [-0.2, 0) is 11.2 Å². The lowest BCUT2D eigenvalue weighted by atomic mass is 10.0. The molecule has 1 aromatic carbocycles. The van der Waals surface area contributed by atoms with E-state index in [1.165, 1.54) is 23.1 Å². The van der Waals surface area contributed by atoms with Gasteiger partial charge in [0.25, 0.3) is 0 Å². The van der Waals surface area contributed by atoms with E-state index in [1.807, 2.05) is 0 Å². The van der Waals surface area contributed by atoms with Gasteiger partial charge in [-0.05, 0) is 44.4 Å². The van der Waals surface area contributed by atoms with Crippen LogP contribution in [0.5, 0.6) is 0 Å². The summed E-state index contributed by atoms with van der Waals surface area (Å²) in [7, 11) is 1.73. The minimum absolute atomic E-state index is 0.795. The maximum atomic E-state index is 4.98. The first-order valence-corrected chi connectivity index (χ1v) is 6.00. The van der Waals surface area contributed by atoms with Crippen LogP contribution < -0.4 is 5.32 Å². The van der Waals surface area contributed by atoms with Crippen LogP contribution in [0.2, 0.25) is 0 Å². The highest BCUT2D eigenvalue weighted by Crippen LogP contribution is 2.12. The second-order valence-corrected chi connectivity index (χ2v) is 4.28.